The van der Waals surface area contributed by atoms with Crippen molar-refractivity contribution in [1.29, 1.82) is 0 Å². The highest BCUT2D eigenvalue weighted by Gasteiger charge is 2.04. The molecule has 0 saturated carbocycles. The molecule has 132 valence electrons. The molecule has 1 aromatic carbocycles. The molecular formula is C16H28IN3O2S. The number of nitrogens with zero attached hydrogens (tertiary/aromatic N) is 1. The number of nitrogens with one attached hydrogen (secondary N) is 2. The maximum atomic E-state index is 11.3. The monoisotopic (exact) mass is 453 g/mol. The van der Waals surface area contributed by atoms with Crippen molar-refractivity contribution in [1.82, 2.24) is 10.6 Å². The van der Waals surface area contributed by atoms with Crippen LogP contribution < -0.4 is 10.6 Å². The average molecular weight is 453 g/mol. The van der Waals surface area contributed by atoms with Crippen LogP contribution in [0.1, 0.15) is 37.8 Å². The highest BCUT2D eigenvalue weighted by molar-refractivity contribution is 14.0. The second-order valence-corrected chi connectivity index (χ2v) is 7.50. The molecule has 0 atom stereocenters. The highest BCUT2D eigenvalue weighted by atomic mass is 127. The third-order valence-electron chi connectivity index (χ3n) is 3.04. The Kier molecular flexibility index (Phi) is 11.2. The Labute approximate surface area is 157 Å². The molecule has 5 nitrogen and oxygen atoms in total. The van der Waals surface area contributed by atoms with Gasteiger partial charge < -0.3 is 10.6 Å². The van der Waals surface area contributed by atoms with Gasteiger partial charge in [0.15, 0.2) is 15.8 Å². The van der Waals surface area contributed by atoms with Crippen LogP contribution in [0.2, 0.25) is 0 Å². The van der Waals surface area contributed by atoms with Crippen molar-refractivity contribution in [3.63, 3.8) is 0 Å². The molecule has 0 saturated heterocycles. The standard InChI is InChI=1S/C16H27N3O2S.HI/c1-4-6-11-18-16(17-5-2)19-12-14-7-9-15(10-8-14)13-22(3,20)21;/h7-10H,4-6,11-13H2,1-3H3,(H2,17,18,19);1H. The Balaban J connectivity index is 0.00000484. The van der Waals surface area contributed by atoms with Gasteiger partial charge in [-0.15, -0.1) is 24.0 Å². The molecule has 0 aromatic heterocycles. The lowest BCUT2D eigenvalue weighted by atomic mass is 10.1. The van der Waals surface area contributed by atoms with E-state index >= 15 is 0 Å². The number of rotatable bonds is 8. The molecule has 2 N–H and O–H groups in total. The summed E-state index contributed by atoms with van der Waals surface area (Å²) in [6.45, 7) is 6.50. The summed E-state index contributed by atoms with van der Waals surface area (Å²) in [5.74, 6) is 0.897. The Morgan fingerprint density at radius 2 is 1.70 bits per heavy atom. The van der Waals surface area contributed by atoms with Crippen LogP contribution in [-0.2, 0) is 22.1 Å². The van der Waals surface area contributed by atoms with E-state index in [1.807, 2.05) is 31.2 Å². The zero-order chi connectivity index (χ0) is 16.4. The number of guanidine groups is 1. The molecule has 7 heteroatoms. The van der Waals surface area contributed by atoms with E-state index in [9.17, 15) is 8.42 Å². The minimum atomic E-state index is -2.98. The summed E-state index contributed by atoms with van der Waals surface area (Å²) in [4.78, 5) is 4.54. The number of sulfone groups is 1. The lowest BCUT2D eigenvalue weighted by molar-refractivity contribution is 0.601. The fraction of sp³-hybridized carbons (Fsp3) is 0.562. The minimum absolute atomic E-state index is 0. The first kappa shape index (κ1) is 22.2. The summed E-state index contributed by atoms with van der Waals surface area (Å²) in [5.41, 5.74) is 1.87. The maximum Gasteiger partial charge on any atom is 0.191 e. The molecule has 1 rings (SSSR count). The number of hydrogen-bond acceptors (Lipinski definition) is 3. The van der Waals surface area contributed by atoms with Crippen molar-refractivity contribution in [2.24, 2.45) is 4.99 Å². The first-order chi connectivity index (χ1) is 10.4. The highest BCUT2D eigenvalue weighted by Crippen LogP contribution is 2.08. The minimum Gasteiger partial charge on any atom is -0.357 e. The molecule has 1 aromatic rings. The lowest BCUT2D eigenvalue weighted by Gasteiger charge is -2.10. The van der Waals surface area contributed by atoms with Crippen LogP contribution in [-0.4, -0.2) is 33.7 Å². The van der Waals surface area contributed by atoms with E-state index in [2.05, 4.69) is 22.5 Å². The van der Waals surface area contributed by atoms with E-state index < -0.39 is 9.84 Å². The van der Waals surface area contributed by atoms with E-state index in [0.717, 1.165) is 43.0 Å². The number of halogens is 1. The van der Waals surface area contributed by atoms with Crippen LogP contribution in [0, 0.1) is 0 Å². The molecule has 0 aliphatic rings. The van der Waals surface area contributed by atoms with Crippen molar-refractivity contribution in [3.8, 4) is 0 Å². The average Bonchev–Trinajstić information content (AvgIpc) is 2.45. The molecule has 0 bridgehead atoms. The summed E-state index contributed by atoms with van der Waals surface area (Å²) in [7, 11) is -2.98. The number of hydrogen-bond donors (Lipinski definition) is 2. The van der Waals surface area contributed by atoms with Crippen LogP contribution in [0.5, 0.6) is 0 Å². The van der Waals surface area contributed by atoms with Gasteiger partial charge in [0.1, 0.15) is 0 Å². The molecule has 0 heterocycles. The van der Waals surface area contributed by atoms with Gasteiger partial charge in [-0.3, -0.25) is 0 Å². The SMILES string of the molecule is CCCCNC(=NCc1ccc(CS(C)(=O)=O)cc1)NCC.I. The van der Waals surface area contributed by atoms with Crippen LogP contribution in [0.15, 0.2) is 29.3 Å². The molecule has 0 fully saturated rings. The van der Waals surface area contributed by atoms with Crippen molar-refractivity contribution in [2.75, 3.05) is 19.3 Å². The molecule has 0 unspecified atom stereocenters. The van der Waals surface area contributed by atoms with E-state index in [0.29, 0.717) is 6.54 Å². The van der Waals surface area contributed by atoms with Crippen molar-refractivity contribution < 1.29 is 8.42 Å². The summed E-state index contributed by atoms with van der Waals surface area (Å²) >= 11 is 0. The van der Waals surface area contributed by atoms with E-state index in [-0.39, 0.29) is 29.7 Å². The third-order valence-corrected chi connectivity index (χ3v) is 3.90. The Morgan fingerprint density at radius 3 is 2.22 bits per heavy atom. The first-order valence-electron chi connectivity index (χ1n) is 7.72. The lowest BCUT2D eigenvalue weighted by Crippen LogP contribution is -2.37. The van der Waals surface area contributed by atoms with Gasteiger partial charge in [-0.2, -0.15) is 0 Å². The van der Waals surface area contributed by atoms with Gasteiger partial charge in [-0.05, 0) is 24.5 Å². The van der Waals surface area contributed by atoms with Gasteiger partial charge in [-0.1, -0.05) is 37.6 Å². The Hall–Kier alpha value is -0.830. The predicted octanol–water partition coefficient (Wildman–Crippen LogP) is 2.70. The predicted molar refractivity (Wildman–Crippen MR) is 108 cm³/mol. The molecular weight excluding hydrogens is 425 g/mol. The smallest absolute Gasteiger partial charge is 0.191 e. The quantitative estimate of drug-likeness (QED) is 0.275. The van der Waals surface area contributed by atoms with Crippen LogP contribution in [0.4, 0.5) is 0 Å². The molecule has 0 aliphatic carbocycles. The molecule has 0 spiro atoms. The summed E-state index contributed by atoms with van der Waals surface area (Å²) in [6, 6.07) is 7.56. The third kappa shape index (κ3) is 10.5. The van der Waals surface area contributed by atoms with E-state index in [1.54, 1.807) is 0 Å². The van der Waals surface area contributed by atoms with E-state index in [1.165, 1.54) is 6.26 Å². The fourth-order valence-electron chi connectivity index (χ4n) is 1.94. The first-order valence-corrected chi connectivity index (χ1v) is 9.78. The summed E-state index contributed by atoms with van der Waals surface area (Å²) < 4.78 is 22.5. The van der Waals surface area contributed by atoms with Gasteiger partial charge in [0.05, 0.1) is 12.3 Å². The Bertz CT molecular complexity index is 571. The van der Waals surface area contributed by atoms with Crippen molar-refractivity contribution in [2.45, 2.75) is 39.0 Å². The largest absolute Gasteiger partial charge is 0.357 e. The topological polar surface area (TPSA) is 70.6 Å². The zero-order valence-electron chi connectivity index (χ0n) is 14.1. The zero-order valence-corrected chi connectivity index (χ0v) is 17.3. The van der Waals surface area contributed by atoms with Gasteiger partial charge in [-0.25, -0.2) is 13.4 Å². The summed E-state index contributed by atoms with van der Waals surface area (Å²) in [5, 5.41) is 6.51. The normalized spacial score (nSPS) is 11.7. The molecule has 0 amide bonds. The van der Waals surface area contributed by atoms with Crippen LogP contribution >= 0.6 is 24.0 Å². The number of unbranched alkanes of at least 4 members (excludes halogenated alkanes) is 1. The summed E-state index contributed by atoms with van der Waals surface area (Å²) in [6.07, 6.45) is 3.51. The molecule has 23 heavy (non-hydrogen) atoms. The maximum absolute atomic E-state index is 11.3. The molecule has 0 aliphatic heterocycles. The van der Waals surface area contributed by atoms with Crippen molar-refractivity contribution in [3.05, 3.63) is 35.4 Å². The number of benzene rings is 1. The van der Waals surface area contributed by atoms with Gasteiger partial charge in [0.25, 0.3) is 0 Å². The molecule has 0 radical (unpaired) electrons. The Morgan fingerprint density at radius 1 is 1.09 bits per heavy atom. The van der Waals surface area contributed by atoms with Crippen LogP contribution in [0.25, 0.3) is 0 Å². The second-order valence-electron chi connectivity index (χ2n) is 5.36. The number of aliphatic imine (C=N–C) groups is 1. The van der Waals surface area contributed by atoms with Gasteiger partial charge in [0, 0.05) is 19.3 Å². The van der Waals surface area contributed by atoms with Crippen LogP contribution in [0.3, 0.4) is 0 Å². The van der Waals surface area contributed by atoms with Gasteiger partial charge in [0.2, 0.25) is 0 Å². The van der Waals surface area contributed by atoms with Crippen molar-refractivity contribution >= 4 is 39.8 Å². The van der Waals surface area contributed by atoms with Gasteiger partial charge >= 0.3 is 0 Å². The van der Waals surface area contributed by atoms with E-state index in [4.69, 9.17) is 0 Å². The second kappa shape index (κ2) is 11.7. The fourth-order valence-corrected chi connectivity index (χ4v) is 2.74.